The Morgan fingerprint density at radius 2 is 0.730 bits per heavy atom. The van der Waals surface area contributed by atoms with Crippen LogP contribution in [0.5, 0.6) is 0 Å². The quantitative estimate of drug-likeness (QED) is 0.0195. The molecule has 9 nitrogen and oxygen atoms in total. The highest BCUT2D eigenvalue weighted by molar-refractivity contribution is 5.70. The van der Waals surface area contributed by atoms with Crippen molar-refractivity contribution in [1.82, 2.24) is 0 Å². The molecule has 0 saturated carbocycles. The number of carbonyl (C=O) groups excluding carboxylic acids is 3. The van der Waals surface area contributed by atoms with Crippen molar-refractivity contribution >= 4 is 17.9 Å². The number of ether oxygens (including phenoxy) is 4. The van der Waals surface area contributed by atoms with Crippen molar-refractivity contribution in [2.45, 2.75) is 328 Å². The number of quaternary nitrogens is 1. The van der Waals surface area contributed by atoms with Gasteiger partial charge in [0.1, 0.15) is 13.2 Å². The molecule has 0 aliphatic rings. The van der Waals surface area contributed by atoms with E-state index < -0.39 is 24.3 Å². The normalized spacial score (nSPS) is 12.8. The largest absolute Gasteiger partial charge is 0.545 e. The molecular formula is C65H123NO8. The molecule has 0 saturated heterocycles. The molecule has 2 atom stereocenters. The lowest BCUT2D eigenvalue weighted by atomic mass is 10.0. The van der Waals surface area contributed by atoms with Crippen LogP contribution in [0, 0.1) is 0 Å². The van der Waals surface area contributed by atoms with Crippen molar-refractivity contribution in [3.05, 3.63) is 24.3 Å². The van der Waals surface area contributed by atoms with Crippen molar-refractivity contribution in [1.29, 1.82) is 0 Å². The fourth-order valence-electron chi connectivity index (χ4n) is 9.51. The third kappa shape index (κ3) is 57.5. The van der Waals surface area contributed by atoms with E-state index in [0.717, 1.165) is 57.8 Å². The zero-order chi connectivity index (χ0) is 54.1. The maximum atomic E-state index is 12.8. The molecule has 0 fully saturated rings. The predicted molar refractivity (Wildman–Crippen MR) is 311 cm³/mol. The summed E-state index contributed by atoms with van der Waals surface area (Å²) in [5.41, 5.74) is 0. The van der Waals surface area contributed by atoms with Gasteiger partial charge < -0.3 is 33.3 Å². The van der Waals surface area contributed by atoms with Crippen molar-refractivity contribution in [2.75, 3.05) is 47.5 Å². The highest BCUT2D eigenvalue weighted by Crippen LogP contribution is 2.18. The Morgan fingerprint density at radius 3 is 1.08 bits per heavy atom. The van der Waals surface area contributed by atoms with Gasteiger partial charge in [-0.15, -0.1) is 0 Å². The minimum atomic E-state index is -1.62. The molecule has 0 aliphatic heterocycles. The van der Waals surface area contributed by atoms with Gasteiger partial charge in [-0.3, -0.25) is 9.59 Å². The fraction of sp³-hybridized carbons (Fsp3) is 0.892. The summed E-state index contributed by atoms with van der Waals surface area (Å²) in [7, 11) is 5.93. The first kappa shape index (κ1) is 71.8. The van der Waals surface area contributed by atoms with Crippen molar-refractivity contribution in [3.8, 4) is 0 Å². The summed E-state index contributed by atoms with van der Waals surface area (Å²) in [6.45, 7) is 4.76. The van der Waals surface area contributed by atoms with Crippen LogP contribution < -0.4 is 5.11 Å². The van der Waals surface area contributed by atoms with Gasteiger partial charge in [0, 0.05) is 12.8 Å². The number of hydrogen-bond acceptors (Lipinski definition) is 8. The number of likely N-dealkylation sites (N-methyl/N-ethyl adjacent to an activating group) is 1. The summed E-state index contributed by atoms with van der Waals surface area (Å²) in [5.74, 6) is -2.28. The minimum Gasteiger partial charge on any atom is -0.545 e. The Labute approximate surface area is 458 Å². The van der Waals surface area contributed by atoms with E-state index in [1.807, 2.05) is 21.1 Å². The van der Waals surface area contributed by atoms with E-state index in [1.54, 1.807) is 0 Å². The molecule has 0 heterocycles. The third-order valence-corrected chi connectivity index (χ3v) is 14.5. The van der Waals surface area contributed by atoms with Gasteiger partial charge >= 0.3 is 11.9 Å². The Bertz CT molecular complexity index is 1260. The van der Waals surface area contributed by atoms with Gasteiger partial charge in [0.05, 0.1) is 40.3 Å². The average molecular weight is 1050 g/mol. The van der Waals surface area contributed by atoms with E-state index in [2.05, 4.69) is 38.2 Å². The molecule has 0 radical (unpaired) electrons. The molecule has 0 rings (SSSR count). The molecule has 0 aliphatic carbocycles. The molecule has 9 heteroatoms. The molecular weight excluding hydrogens is 923 g/mol. The first-order valence-corrected chi connectivity index (χ1v) is 32.0. The molecule has 0 spiro atoms. The standard InChI is InChI=1S/C65H123NO8/c1-6-8-10-12-14-16-18-20-22-24-25-26-27-28-29-30-31-32-33-34-35-36-37-38-39-40-42-43-45-47-49-51-53-55-62(67)72-59-61(60-73-65(64(69)70)71-58-57-66(3,4)5)74-63(68)56-54-52-50-48-46-44-41-23-21-19-17-15-13-11-9-7-2/h17,19,23,41,61,65H,6-16,18,20-22,24-40,42-60H2,1-5H3/b19-17-,41-23-. The molecule has 436 valence electrons. The average Bonchev–Trinajstić information content (AvgIpc) is 3.37. The summed E-state index contributed by atoms with van der Waals surface area (Å²) in [6.07, 6.45) is 65.5. The van der Waals surface area contributed by atoms with Crippen LogP contribution in [0.2, 0.25) is 0 Å². The third-order valence-electron chi connectivity index (χ3n) is 14.5. The monoisotopic (exact) mass is 1050 g/mol. The molecule has 0 aromatic heterocycles. The number of unbranched alkanes of at least 4 members (excludes halogenated alkanes) is 41. The molecule has 0 bridgehead atoms. The highest BCUT2D eigenvalue weighted by atomic mass is 16.7. The Kier molecular flexibility index (Phi) is 55.2. The Morgan fingerprint density at radius 1 is 0.405 bits per heavy atom. The lowest BCUT2D eigenvalue weighted by Crippen LogP contribution is -2.44. The molecule has 74 heavy (non-hydrogen) atoms. The summed E-state index contributed by atoms with van der Waals surface area (Å²) in [6, 6.07) is 0. The van der Waals surface area contributed by atoms with Gasteiger partial charge in [-0.2, -0.15) is 0 Å². The first-order chi connectivity index (χ1) is 36.1. The second kappa shape index (κ2) is 57.0. The number of carbonyl (C=O) groups is 3. The van der Waals surface area contributed by atoms with Gasteiger partial charge in [0.25, 0.3) is 0 Å². The second-order valence-electron chi connectivity index (χ2n) is 23.1. The van der Waals surface area contributed by atoms with Crippen molar-refractivity contribution in [3.63, 3.8) is 0 Å². The number of aliphatic carboxylic acids is 1. The maximum absolute atomic E-state index is 12.8. The van der Waals surface area contributed by atoms with Gasteiger partial charge in [-0.25, -0.2) is 0 Å². The van der Waals surface area contributed by atoms with Crippen LogP contribution >= 0.6 is 0 Å². The molecule has 2 unspecified atom stereocenters. The molecule has 0 aromatic rings. The highest BCUT2D eigenvalue weighted by Gasteiger charge is 2.22. The smallest absolute Gasteiger partial charge is 0.306 e. The molecule has 0 amide bonds. The number of carboxylic acids is 1. The maximum Gasteiger partial charge on any atom is 0.306 e. The van der Waals surface area contributed by atoms with Crippen molar-refractivity contribution in [2.24, 2.45) is 0 Å². The molecule has 0 N–H and O–H groups in total. The summed E-state index contributed by atoms with van der Waals surface area (Å²) >= 11 is 0. The van der Waals surface area contributed by atoms with Gasteiger partial charge in [-0.1, -0.05) is 282 Å². The van der Waals surface area contributed by atoms with E-state index in [1.165, 1.54) is 225 Å². The van der Waals surface area contributed by atoms with Crippen LogP contribution in [0.4, 0.5) is 0 Å². The second-order valence-corrected chi connectivity index (χ2v) is 23.1. The van der Waals surface area contributed by atoms with Crippen LogP contribution in [-0.2, 0) is 33.3 Å². The number of hydrogen-bond donors (Lipinski definition) is 0. The van der Waals surface area contributed by atoms with E-state index >= 15 is 0 Å². The Hall–Kier alpha value is -2.23. The summed E-state index contributed by atoms with van der Waals surface area (Å²) < 4.78 is 22.7. The predicted octanol–water partition coefficient (Wildman–Crippen LogP) is 17.7. The van der Waals surface area contributed by atoms with Crippen LogP contribution in [0.3, 0.4) is 0 Å². The Balaban J connectivity index is 4.02. The number of esters is 2. The van der Waals surface area contributed by atoms with Gasteiger partial charge in [0.2, 0.25) is 0 Å². The molecule has 0 aromatic carbocycles. The summed E-state index contributed by atoms with van der Waals surface area (Å²) in [5, 5.41) is 11.8. The minimum absolute atomic E-state index is 0.147. The topological polar surface area (TPSA) is 111 Å². The number of nitrogens with zero attached hydrogens (tertiary/aromatic N) is 1. The first-order valence-electron chi connectivity index (χ1n) is 32.0. The lowest BCUT2D eigenvalue weighted by Gasteiger charge is -2.26. The van der Waals surface area contributed by atoms with E-state index in [0.29, 0.717) is 23.9 Å². The number of allylic oxidation sites excluding steroid dienone is 4. The van der Waals surface area contributed by atoms with Crippen molar-refractivity contribution < 1.29 is 42.9 Å². The van der Waals surface area contributed by atoms with Crippen LogP contribution in [0.25, 0.3) is 0 Å². The van der Waals surface area contributed by atoms with Crippen LogP contribution in [0.15, 0.2) is 24.3 Å². The summed E-state index contributed by atoms with van der Waals surface area (Å²) in [4.78, 5) is 37.3. The lowest BCUT2D eigenvalue weighted by molar-refractivity contribution is -0.870. The number of carboxylic acid groups (broad SMARTS) is 1. The van der Waals surface area contributed by atoms with Gasteiger partial charge in [-0.05, 0) is 44.9 Å². The SMILES string of the molecule is CCCCCC/C=C\C/C=C\CCCCCCCC(=O)OC(COC(=O)CCCCCCCCCCCCCCCCCCCCCCCCCCCCCCCCCCC)COC(OCC[N+](C)(C)C)C(=O)[O-]. The zero-order valence-corrected chi connectivity index (χ0v) is 49.7. The van der Waals surface area contributed by atoms with Crippen LogP contribution in [0.1, 0.15) is 316 Å². The van der Waals surface area contributed by atoms with Gasteiger partial charge in [0.15, 0.2) is 12.4 Å². The fourth-order valence-corrected chi connectivity index (χ4v) is 9.51. The zero-order valence-electron chi connectivity index (χ0n) is 49.7. The van der Waals surface area contributed by atoms with E-state index in [4.69, 9.17) is 18.9 Å². The van der Waals surface area contributed by atoms with Crippen LogP contribution in [-0.4, -0.2) is 82.3 Å². The number of rotatable bonds is 60. The van der Waals surface area contributed by atoms with E-state index in [-0.39, 0.29) is 32.2 Å². The van der Waals surface area contributed by atoms with E-state index in [9.17, 15) is 19.5 Å².